The van der Waals surface area contributed by atoms with Crippen molar-refractivity contribution in [2.75, 3.05) is 38.1 Å². The lowest BCUT2D eigenvalue weighted by Gasteiger charge is -2.34. The molecule has 1 amide bonds. The van der Waals surface area contributed by atoms with E-state index < -0.39 is 0 Å². The first kappa shape index (κ1) is 19.4. The van der Waals surface area contributed by atoms with Gasteiger partial charge in [-0.25, -0.2) is 0 Å². The summed E-state index contributed by atoms with van der Waals surface area (Å²) in [6.45, 7) is 6.38. The average molecular weight is 367 g/mol. The van der Waals surface area contributed by atoms with Crippen molar-refractivity contribution in [3.63, 3.8) is 0 Å². The summed E-state index contributed by atoms with van der Waals surface area (Å²) >= 11 is 0. The Bertz CT molecular complexity index is 709. The Labute approximate surface area is 162 Å². The van der Waals surface area contributed by atoms with Gasteiger partial charge in [0.25, 0.3) is 5.91 Å². The number of carbonyl (C=O) groups is 1. The predicted octanol–water partition coefficient (Wildman–Crippen LogP) is 3.49. The number of likely N-dealkylation sites (N-methyl/N-ethyl adjacent to an activating group) is 1. The van der Waals surface area contributed by atoms with Crippen molar-refractivity contribution in [1.29, 1.82) is 0 Å². The van der Waals surface area contributed by atoms with Crippen LogP contribution in [-0.2, 0) is 0 Å². The second-order valence-electron chi connectivity index (χ2n) is 7.29. The van der Waals surface area contributed by atoms with Gasteiger partial charge in [0, 0.05) is 49.8 Å². The van der Waals surface area contributed by atoms with Crippen LogP contribution in [0.25, 0.3) is 0 Å². The van der Waals surface area contributed by atoms with Crippen LogP contribution < -0.4 is 10.2 Å². The molecule has 0 saturated carbocycles. The third kappa shape index (κ3) is 5.30. The number of nitrogens with one attached hydrogen (secondary N) is 1. The van der Waals surface area contributed by atoms with Crippen LogP contribution in [0.3, 0.4) is 0 Å². The predicted molar refractivity (Wildman–Crippen MR) is 110 cm³/mol. The van der Waals surface area contributed by atoms with Crippen molar-refractivity contribution >= 4 is 11.6 Å². The lowest BCUT2D eigenvalue weighted by molar-refractivity contribution is 0.0934. The van der Waals surface area contributed by atoms with Crippen molar-refractivity contribution in [2.45, 2.75) is 32.2 Å². The Kier molecular flexibility index (Phi) is 6.82. The molecule has 1 N–H and O–H groups in total. The van der Waals surface area contributed by atoms with E-state index in [1.807, 2.05) is 30.5 Å². The zero-order valence-electron chi connectivity index (χ0n) is 16.4. The van der Waals surface area contributed by atoms with Crippen LogP contribution in [0.4, 0.5) is 5.69 Å². The van der Waals surface area contributed by atoms with Gasteiger partial charge in [-0.3, -0.25) is 9.78 Å². The van der Waals surface area contributed by atoms with Crippen molar-refractivity contribution < 1.29 is 4.79 Å². The molecule has 1 aromatic heterocycles. The molecule has 1 atom stereocenters. The van der Waals surface area contributed by atoms with Crippen molar-refractivity contribution in [2.24, 2.45) is 0 Å². The van der Waals surface area contributed by atoms with Gasteiger partial charge in [0.05, 0.1) is 6.04 Å². The molecule has 1 unspecified atom stereocenters. The second-order valence-corrected chi connectivity index (χ2v) is 7.29. The summed E-state index contributed by atoms with van der Waals surface area (Å²) in [5.74, 6) is -0.0233. The zero-order chi connectivity index (χ0) is 19.1. The highest BCUT2D eigenvalue weighted by atomic mass is 16.1. The van der Waals surface area contributed by atoms with E-state index in [9.17, 15) is 4.79 Å². The SMILES string of the molecule is CCCCC(NC(=O)c1ccc(N2CCN(C)CC2)cc1)c1cccnc1. The fourth-order valence-corrected chi connectivity index (χ4v) is 3.44. The Morgan fingerprint density at radius 3 is 2.52 bits per heavy atom. The number of benzene rings is 1. The molecule has 5 nitrogen and oxygen atoms in total. The van der Waals surface area contributed by atoms with E-state index >= 15 is 0 Å². The van der Waals surface area contributed by atoms with Crippen LogP contribution >= 0.6 is 0 Å². The van der Waals surface area contributed by atoms with Gasteiger partial charge in [0.1, 0.15) is 0 Å². The van der Waals surface area contributed by atoms with E-state index in [0.717, 1.165) is 51.0 Å². The first-order valence-corrected chi connectivity index (χ1v) is 9.91. The molecule has 3 rings (SSSR count). The first-order chi connectivity index (χ1) is 13.2. The quantitative estimate of drug-likeness (QED) is 0.815. The minimum atomic E-state index is -0.0233. The third-order valence-corrected chi connectivity index (χ3v) is 5.24. The molecule has 1 fully saturated rings. The number of nitrogens with zero attached hydrogens (tertiary/aromatic N) is 3. The fraction of sp³-hybridized carbons (Fsp3) is 0.455. The molecular weight excluding hydrogens is 336 g/mol. The molecule has 0 aliphatic carbocycles. The number of rotatable bonds is 7. The molecule has 1 aromatic carbocycles. The van der Waals surface area contributed by atoms with E-state index in [2.05, 4.69) is 46.2 Å². The summed E-state index contributed by atoms with van der Waals surface area (Å²) in [5, 5.41) is 3.19. The number of pyridine rings is 1. The minimum absolute atomic E-state index is 0.00320. The monoisotopic (exact) mass is 366 g/mol. The van der Waals surface area contributed by atoms with Gasteiger partial charge in [-0.2, -0.15) is 0 Å². The van der Waals surface area contributed by atoms with Gasteiger partial charge in [0.15, 0.2) is 0 Å². The van der Waals surface area contributed by atoms with Crippen molar-refractivity contribution in [3.8, 4) is 0 Å². The molecule has 27 heavy (non-hydrogen) atoms. The summed E-state index contributed by atoms with van der Waals surface area (Å²) in [5.41, 5.74) is 2.96. The highest BCUT2D eigenvalue weighted by molar-refractivity contribution is 5.94. The maximum atomic E-state index is 12.8. The number of piperazine rings is 1. The molecule has 2 heterocycles. The summed E-state index contributed by atoms with van der Waals surface area (Å²) in [6, 6.07) is 11.9. The van der Waals surface area contributed by atoms with Crippen LogP contribution in [-0.4, -0.2) is 49.0 Å². The van der Waals surface area contributed by atoms with Crippen LogP contribution in [0.1, 0.15) is 48.1 Å². The normalized spacial score (nSPS) is 16.1. The number of anilines is 1. The van der Waals surface area contributed by atoms with Gasteiger partial charge in [-0.1, -0.05) is 25.8 Å². The Morgan fingerprint density at radius 1 is 1.15 bits per heavy atom. The Hall–Kier alpha value is -2.40. The van der Waals surface area contributed by atoms with E-state index in [1.54, 1.807) is 6.20 Å². The molecule has 0 bridgehead atoms. The van der Waals surface area contributed by atoms with Crippen molar-refractivity contribution in [3.05, 3.63) is 59.9 Å². The minimum Gasteiger partial charge on any atom is -0.369 e. The van der Waals surface area contributed by atoms with E-state index in [-0.39, 0.29) is 11.9 Å². The van der Waals surface area contributed by atoms with Gasteiger partial charge in [0.2, 0.25) is 0 Å². The number of amides is 1. The third-order valence-electron chi connectivity index (χ3n) is 5.24. The second kappa shape index (κ2) is 9.51. The van der Waals surface area contributed by atoms with Gasteiger partial charge < -0.3 is 15.1 Å². The average Bonchev–Trinajstić information content (AvgIpc) is 2.72. The van der Waals surface area contributed by atoms with Gasteiger partial charge in [-0.15, -0.1) is 0 Å². The molecule has 1 aliphatic rings. The van der Waals surface area contributed by atoms with Crippen LogP contribution in [0.5, 0.6) is 0 Å². The summed E-state index contributed by atoms with van der Waals surface area (Å²) in [7, 11) is 2.15. The molecule has 0 radical (unpaired) electrons. The standard InChI is InChI=1S/C22H30N4O/c1-3-4-7-21(19-6-5-12-23-17-19)24-22(27)18-8-10-20(11-9-18)26-15-13-25(2)14-16-26/h5-6,8-12,17,21H,3-4,7,13-16H2,1-2H3,(H,24,27). The lowest BCUT2D eigenvalue weighted by atomic mass is 10.0. The highest BCUT2D eigenvalue weighted by Crippen LogP contribution is 2.21. The largest absolute Gasteiger partial charge is 0.369 e. The molecule has 5 heteroatoms. The molecule has 0 spiro atoms. The molecule has 1 saturated heterocycles. The molecular formula is C22H30N4O. The highest BCUT2D eigenvalue weighted by Gasteiger charge is 2.17. The van der Waals surface area contributed by atoms with Crippen LogP contribution in [0.15, 0.2) is 48.8 Å². The van der Waals surface area contributed by atoms with Crippen molar-refractivity contribution in [1.82, 2.24) is 15.2 Å². The molecule has 144 valence electrons. The van der Waals surface area contributed by atoms with Crippen LogP contribution in [0, 0.1) is 0 Å². The number of carbonyl (C=O) groups excluding carboxylic acids is 1. The molecule has 2 aromatic rings. The van der Waals surface area contributed by atoms with Gasteiger partial charge >= 0.3 is 0 Å². The Balaban J connectivity index is 1.65. The maximum Gasteiger partial charge on any atom is 0.251 e. The van der Waals surface area contributed by atoms with E-state index in [4.69, 9.17) is 0 Å². The summed E-state index contributed by atoms with van der Waals surface area (Å²) in [6.07, 6.45) is 6.71. The number of hydrogen-bond donors (Lipinski definition) is 1. The number of hydrogen-bond acceptors (Lipinski definition) is 4. The maximum absolute atomic E-state index is 12.8. The van der Waals surface area contributed by atoms with E-state index in [0.29, 0.717) is 5.56 Å². The smallest absolute Gasteiger partial charge is 0.251 e. The lowest BCUT2D eigenvalue weighted by Crippen LogP contribution is -2.44. The topological polar surface area (TPSA) is 48.5 Å². The number of unbranched alkanes of at least 4 members (excludes halogenated alkanes) is 1. The van der Waals surface area contributed by atoms with E-state index in [1.165, 1.54) is 5.69 Å². The first-order valence-electron chi connectivity index (χ1n) is 9.91. The summed E-state index contributed by atoms with van der Waals surface area (Å²) < 4.78 is 0. The number of aromatic nitrogens is 1. The zero-order valence-corrected chi connectivity index (χ0v) is 16.4. The summed E-state index contributed by atoms with van der Waals surface area (Å²) in [4.78, 5) is 21.7. The fourth-order valence-electron chi connectivity index (χ4n) is 3.44. The molecule has 1 aliphatic heterocycles. The van der Waals surface area contributed by atoms with Gasteiger partial charge in [-0.05, 0) is 49.4 Å². The Morgan fingerprint density at radius 2 is 1.89 bits per heavy atom. The van der Waals surface area contributed by atoms with Crippen LogP contribution in [0.2, 0.25) is 0 Å².